The van der Waals surface area contributed by atoms with Crippen molar-refractivity contribution in [1.82, 2.24) is 10.3 Å². The van der Waals surface area contributed by atoms with Crippen LogP contribution >= 0.6 is 0 Å². The van der Waals surface area contributed by atoms with E-state index in [9.17, 15) is 27.6 Å². The Kier molecular flexibility index (Phi) is 13.8. The Morgan fingerprint density at radius 3 is 2.25 bits per heavy atom. The molecule has 1 heterocycles. The average Bonchev–Trinajstić information content (AvgIpc) is 3.05. The van der Waals surface area contributed by atoms with Crippen LogP contribution in [-0.4, -0.2) is 61.7 Å². The minimum Gasteiger partial charge on any atom is -0.493 e. The number of aldehydes is 1. The van der Waals surface area contributed by atoms with Gasteiger partial charge < -0.3 is 33.8 Å². The summed E-state index contributed by atoms with van der Waals surface area (Å²) in [4.78, 5) is 41.0. The number of nitrogens with zero attached hydrogens (tertiary/aromatic N) is 1. The van der Waals surface area contributed by atoms with Crippen LogP contribution in [0.3, 0.4) is 0 Å². The molecule has 10 nitrogen and oxygen atoms in total. The lowest BCUT2D eigenvalue weighted by molar-refractivity contribution is -0.274. The standard InChI is InChI=1S/C35H41F3N2O8/c1-6-27(18-25-10-8-7-9-11-25)29(19-26-12-14-28(15-13-26)48-35(36,37)38)23(2)45-21-34(4,20-41)40-33(43)31-32(47-22-46-24(3)42)30(44-5)16-17-39-31/h7-17,20,23,27,29H,6,18-19,21-22H2,1-5H3,(H,40,43)/t23-,27+,29-,34-/m0/s1. The Balaban J connectivity index is 1.80. The summed E-state index contributed by atoms with van der Waals surface area (Å²) in [6, 6.07) is 17.1. The highest BCUT2D eigenvalue weighted by Crippen LogP contribution is 2.32. The van der Waals surface area contributed by atoms with Crippen molar-refractivity contribution in [3.8, 4) is 17.2 Å². The molecule has 1 amide bonds. The van der Waals surface area contributed by atoms with E-state index < -0.39 is 36.7 Å². The summed E-state index contributed by atoms with van der Waals surface area (Å²) >= 11 is 0. The Morgan fingerprint density at radius 2 is 1.67 bits per heavy atom. The van der Waals surface area contributed by atoms with E-state index in [4.69, 9.17) is 18.9 Å². The third-order valence-electron chi connectivity index (χ3n) is 7.78. The zero-order chi connectivity index (χ0) is 35.3. The third-order valence-corrected chi connectivity index (χ3v) is 7.78. The van der Waals surface area contributed by atoms with E-state index in [1.54, 1.807) is 12.1 Å². The van der Waals surface area contributed by atoms with Crippen LogP contribution in [-0.2, 0) is 31.9 Å². The van der Waals surface area contributed by atoms with E-state index in [1.807, 2.05) is 37.3 Å². The molecule has 0 aliphatic rings. The zero-order valence-electron chi connectivity index (χ0n) is 27.5. The first-order chi connectivity index (χ1) is 22.8. The van der Waals surface area contributed by atoms with Crippen molar-refractivity contribution < 1.29 is 51.2 Å². The second-order valence-corrected chi connectivity index (χ2v) is 11.5. The van der Waals surface area contributed by atoms with Gasteiger partial charge in [-0.05, 0) is 61.8 Å². The number of carbonyl (C=O) groups is 3. The van der Waals surface area contributed by atoms with E-state index in [0.29, 0.717) is 12.7 Å². The lowest BCUT2D eigenvalue weighted by Gasteiger charge is -2.34. The van der Waals surface area contributed by atoms with Crippen LogP contribution in [0.25, 0.3) is 0 Å². The minimum absolute atomic E-state index is 0.0836. The predicted octanol–water partition coefficient (Wildman–Crippen LogP) is 6.11. The average molecular weight is 675 g/mol. The number of esters is 1. The number of ether oxygens (including phenoxy) is 5. The summed E-state index contributed by atoms with van der Waals surface area (Å²) in [7, 11) is 1.36. The van der Waals surface area contributed by atoms with Crippen LogP contribution in [0.5, 0.6) is 17.2 Å². The largest absolute Gasteiger partial charge is 0.573 e. The van der Waals surface area contributed by atoms with Gasteiger partial charge in [-0.15, -0.1) is 13.2 Å². The van der Waals surface area contributed by atoms with Crippen LogP contribution < -0.4 is 19.5 Å². The number of halogens is 3. The number of hydrogen-bond donors (Lipinski definition) is 1. The molecular weight excluding hydrogens is 633 g/mol. The van der Waals surface area contributed by atoms with Gasteiger partial charge in [0.25, 0.3) is 5.91 Å². The molecule has 3 rings (SSSR count). The van der Waals surface area contributed by atoms with Gasteiger partial charge in [-0.3, -0.25) is 9.59 Å². The third kappa shape index (κ3) is 11.5. The number of rotatable bonds is 18. The van der Waals surface area contributed by atoms with Crippen LogP contribution in [0.2, 0.25) is 0 Å². The quantitative estimate of drug-likeness (QED) is 0.0968. The summed E-state index contributed by atoms with van der Waals surface area (Å²) in [6.45, 7) is 5.94. The Labute approximate surface area is 277 Å². The fraction of sp³-hybridized carbons (Fsp3) is 0.429. The molecule has 13 heteroatoms. The smallest absolute Gasteiger partial charge is 0.493 e. The fourth-order valence-electron chi connectivity index (χ4n) is 5.24. The number of nitrogens with one attached hydrogen (secondary N) is 1. The van der Waals surface area contributed by atoms with Crippen molar-refractivity contribution in [2.75, 3.05) is 20.5 Å². The number of methoxy groups -OCH3 is 1. The maximum atomic E-state index is 13.4. The SMILES string of the molecule is CC[C@H](Cc1ccccc1)[C@@H](Cc1ccc(OC(F)(F)F)cc1)[C@H](C)OC[C@](C)(C=O)NC(=O)c1nccc(OC)c1OCOC(C)=O. The van der Waals surface area contributed by atoms with E-state index >= 15 is 0 Å². The van der Waals surface area contributed by atoms with Gasteiger partial charge in [0, 0.05) is 19.2 Å². The highest BCUT2D eigenvalue weighted by atomic mass is 19.4. The first-order valence-corrected chi connectivity index (χ1v) is 15.4. The second-order valence-electron chi connectivity index (χ2n) is 11.5. The van der Waals surface area contributed by atoms with E-state index in [0.717, 1.165) is 24.0 Å². The van der Waals surface area contributed by atoms with Gasteiger partial charge in [0.1, 0.15) is 17.6 Å². The van der Waals surface area contributed by atoms with Gasteiger partial charge in [-0.2, -0.15) is 0 Å². The molecule has 3 aromatic rings. The monoisotopic (exact) mass is 674 g/mol. The molecule has 1 aromatic heterocycles. The van der Waals surface area contributed by atoms with E-state index in [-0.39, 0.29) is 41.4 Å². The van der Waals surface area contributed by atoms with Crippen LogP contribution in [0, 0.1) is 11.8 Å². The normalized spacial score (nSPS) is 14.5. The molecule has 0 unspecified atom stereocenters. The molecule has 2 aromatic carbocycles. The molecule has 0 spiro atoms. The van der Waals surface area contributed by atoms with Crippen LogP contribution in [0.15, 0.2) is 66.9 Å². The van der Waals surface area contributed by atoms with Gasteiger partial charge in [0.15, 0.2) is 17.2 Å². The lowest BCUT2D eigenvalue weighted by Crippen LogP contribution is -2.52. The zero-order valence-corrected chi connectivity index (χ0v) is 27.5. The summed E-state index contributed by atoms with van der Waals surface area (Å²) in [5, 5.41) is 2.66. The number of hydrogen-bond acceptors (Lipinski definition) is 9. The maximum Gasteiger partial charge on any atom is 0.573 e. The summed E-state index contributed by atoms with van der Waals surface area (Å²) in [6.07, 6.45) is -1.37. The van der Waals surface area contributed by atoms with Crippen molar-refractivity contribution in [3.63, 3.8) is 0 Å². The van der Waals surface area contributed by atoms with Gasteiger partial charge in [-0.25, -0.2) is 4.98 Å². The Bertz CT molecular complexity index is 1490. The molecule has 4 atom stereocenters. The summed E-state index contributed by atoms with van der Waals surface area (Å²) < 4.78 is 64.0. The van der Waals surface area contributed by atoms with Gasteiger partial charge in [0.2, 0.25) is 6.79 Å². The number of benzene rings is 2. The predicted molar refractivity (Wildman–Crippen MR) is 170 cm³/mol. The molecular formula is C35H41F3N2O8. The Hall–Kier alpha value is -4.65. The number of amides is 1. The Morgan fingerprint density at radius 1 is 1.00 bits per heavy atom. The first-order valence-electron chi connectivity index (χ1n) is 15.4. The molecule has 0 fully saturated rings. The molecule has 48 heavy (non-hydrogen) atoms. The molecule has 260 valence electrons. The molecule has 0 aliphatic carbocycles. The van der Waals surface area contributed by atoms with Crippen LogP contribution in [0.4, 0.5) is 13.2 Å². The fourth-order valence-corrected chi connectivity index (χ4v) is 5.24. The van der Waals surface area contributed by atoms with Crippen molar-refractivity contribution in [2.24, 2.45) is 11.8 Å². The topological polar surface area (TPSA) is 122 Å². The molecule has 0 saturated carbocycles. The van der Waals surface area contributed by atoms with Gasteiger partial charge in [-0.1, -0.05) is 55.8 Å². The molecule has 1 N–H and O–H groups in total. The number of pyridine rings is 1. The first kappa shape index (κ1) is 37.8. The number of aromatic nitrogens is 1. The van der Waals surface area contributed by atoms with Crippen molar-refractivity contribution in [1.29, 1.82) is 0 Å². The van der Waals surface area contributed by atoms with Gasteiger partial charge >= 0.3 is 12.3 Å². The summed E-state index contributed by atoms with van der Waals surface area (Å²) in [5.74, 6) is -1.62. The van der Waals surface area contributed by atoms with Crippen molar-refractivity contribution >= 4 is 18.2 Å². The van der Waals surface area contributed by atoms with E-state index in [1.165, 1.54) is 45.4 Å². The molecule has 0 aliphatic heterocycles. The maximum absolute atomic E-state index is 13.4. The summed E-state index contributed by atoms with van der Waals surface area (Å²) in [5.41, 5.74) is 0.213. The lowest BCUT2D eigenvalue weighted by atomic mass is 9.78. The van der Waals surface area contributed by atoms with Crippen molar-refractivity contribution in [3.05, 3.63) is 83.7 Å². The minimum atomic E-state index is -4.79. The van der Waals surface area contributed by atoms with E-state index in [2.05, 4.69) is 22.0 Å². The molecule has 0 bridgehead atoms. The van der Waals surface area contributed by atoms with Crippen molar-refractivity contribution in [2.45, 2.75) is 65.0 Å². The molecule has 0 radical (unpaired) electrons. The van der Waals surface area contributed by atoms with Crippen LogP contribution in [0.1, 0.15) is 55.7 Å². The van der Waals surface area contributed by atoms with Gasteiger partial charge in [0.05, 0.1) is 19.8 Å². The highest BCUT2D eigenvalue weighted by molar-refractivity contribution is 5.97. The molecule has 0 saturated heterocycles. The number of carbonyl (C=O) groups excluding carboxylic acids is 3. The second kappa shape index (κ2) is 17.5. The highest BCUT2D eigenvalue weighted by Gasteiger charge is 2.34. The number of alkyl halides is 3.